The predicted molar refractivity (Wildman–Crippen MR) is 147 cm³/mol. The van der Waals surface area contributed by atoms with Crippen molar-refractivity contribution in [2.45, 2.75) is 166 Å². The SMILES string of the molecule is CCCCCCCCCCN=C([O-])CCCCCCCC(C(O)CCCCCCCC)S(=O)(=O)O.[Na+]. The average molecular weight is 542 g/mol. The molecule has 0 aliphatic heterocycles. The van der Waals surface area contributed by atoms with Gasteiger partial charge in [0.25, 0.3) is 10.1 Å². The molecule has 0 heterocycles. The Bertz CT molecular complexity index is 601. The first-order chi connectivity index (χ1) is 16.8. The first-order valence-corrected chi connectivity index (χ1v) is 16.2. The van der Waals surface area contributed by atoms with Gasteiger partial charge in [-0.15, -0.1) is 0 Å². The summed E-state index contributed by atoms with van der Waals surface area (Å²) in [6.45, 7) is 5.03. The van der Waals surface area contributed by atoms with Crippen molar-refractivity contribution in [2.75, 3.05) is 6.54 Å². The number of hydrogen-bond acceptors (Lipinski definition) is 5. The molecule has 6 nitrogen and oxygen atoms in total. The van der Waals surface area contributed by atoms with E-state index in [9.17, 15) is 23.2 Å². The minimum Gasteiger partial charge on any atom is -0.862 e. The summed E-state index contributed by atoms with van der Waals surface area (Å²) in [5.41, 5.74) is 0. The molecular formula is C28H56NNaO5S. The van der Waals surface area contributed by atoms with Crippen LogP contribution in [0.1, 0.15) is 155 Å². The second-order valence-electron chi connectivity index (χ2n) is 10.2. The van der Waals surface area contributed by atoms with Crippen molar-refractivity contribution in [3.05, 3.63) is 0 Å². The third-order valence-electron chi connectivity index (χ3n) is 6.84. The molecule has 0 aromatic carbocycles. The molecule has 0 rings (SSSR count). The van der Waals surface area contributed by atoms with Gasteiger partial charge in [-0.25, -0.2) is 0 Å². The van der Waals surface area contributed by atoms with E-state index in [1.165, 1.54) is 57.8 Å². The Balaban J connectivity index is 0. The molecule has 0 aliphatic rings. The van der Waals surface area contributed by atoms with Gasteiger partial charge in [-0.1, -0.05) is 123 Å². The summed E-state index contributed by atoms with van der Waals surface area (Å²) < 4.78 is 33.0. The molecule has 0 amide bonds. The molecule has 2 atom stereocenters. The van der Waals surface area contributed by atoms with E-state index in [2.05, 4.69) is 18.8 Å². The average Bonchev–Trinajstić information content (AvgIpc) is 2.81. The molecule has 0 aromatic rings. The Labute approximate surface area is 245 Å². The van der Waals surface area contributed by atoms with Crippen LogP contribution in [0.5, 0.6) is 0 Å². The molecule has 0 aromatic heterocycles. The Morgan fingerprint density at radius 2 is 1.11 bits per heavy atom. The normalized spacial score (nSPS) is 13.9. The molecule has 0 saturated heterocycles. The van der Waals surface area contributed by atoms with E-state index in [1.807, 2.05) is 0 Å². The first-order valence-electron chi connectivity index (χ1n) is 14.7. The molecule has 0 bridgehead atoms. The van der Waals surface area contributed by atoms with Crippen LogP contribution in [-0.4, -0.2) is 41.9 Å². The van der Waals surface area contributed by atoms with E-state index < -0.39 is 21.5 Å². The number of hydrogen-bond donors (Lipinski definition) is 2. The number of aliphatic hydroxyl groups is 1. The van der Waals surface area contributed by atoms with Crippen LogP contribution in [0, 0.1) is 0 Å². The smallest absolute Gasteiger partial charge is 0.862 e. The fraction of sp³-hybridized carbons (Fsp3) is 0.964. The second-order valence-corrected chi connectivity index (χ2v) is 11.9. The van der Waals surface area contributed by atoms with Crippen LogP contribution in [-0.2, 0) is 10.1 Å². The second kappa shape index (κ2) is 26.9. The van der Waals surface area contributed by atoms with Crippen molar-refractivity contribution in [3.8, 4) is 0 Å². The van der Waals surface area contributed by atoms with Gasteiger partial charge in [-0.05, 0) is 38.0 Å². The molecule has 0 radical (unpaired) electrons. The zero-order valence-corrected chi connectivity index (χ0v) is 26.7. The van der Waals surface area contributed by atoms with E-state index in [4.69, 9.17) is 0 Å². The van der Waals surface area contributed by atoms with Gasteiger partial charge < -0.3 is 15.2 Å². The maximum atomic E-state index is 11.9. The van der Waals surface area contributed by atoms with Crippen LogP contribution in [0.15, 0.2) is 4.99 Å². The minimum atomic E-state index is -4.25. The zero-order valence-electron chi connectivity index (χ0n) is 23.9. The Kier molecular flexibility index (Phi) is 28.8. The van der Waals surface area contributed by atoms with Gasteiger partial charge in [-0.2, -0.15) is 8.42 Å². The molecular weight excluding hydrogens is 485 g/mol. The fourth-order valence-corrected chi connectivity index (χ4v) is 5.54. The van der Waals surface area contributed by atoms with E-state index in [0.717, 1.165) is 57.8 Å². The third kappa shape index (κ3) is 24.7. The molecule has 36 heavy (non-hydrogen) atoms. The number of rotatable bonds is 26. The summed E-state index contributed by atoms with van der Waals surface area (Å²) in [4.78, 5) is 4.16. The summed E-state index contributed by atoms with van der Waals surface area (Å²) in [5, 5.41) is 21.1. The molecule has 2 unspecified atom stereocenters. The fourth-order valence-electron chi connectivity index (χ4n) is 4.54. The van der Waals surface area contributed by atoms with Crippen molar-refractivity contribution < 1.29 is 52.7 Å². The number of aliphatic hydroxyl groups excluding tert-OH is 1. The summed E-state index contributed by atoms with van der Waals surface area (Å²) in [5.74, 6) is -0.00259. The molecule has 0 fully saturated rings. The molecule has 0 spiro atoms. The Morgan fingerprint density at radius 3 is 1.61 bits per heavy atom. The third-order valence-corrected chi connectivity index (χ3v) is 8.16. The molecule has 0 saturated carbocycles. The molecule has 210 valence electrons. The standard InChI is InChI=1S/C28H57NO5S.Na/c1-3-5-7-9-11-12-17-21-25-29-28(31)24-20-16-13-15-19-23-27(35(32,33)34)26(30)22-18-14-10-8-6-4-2;/h26-27,30H,3-25H2,1-2H3,(H,29,31)(H,32,33,34);/q;+1/p-1. The Hall–Kier alpha value is 0.340. The van der Waals surface area contributed by atoms with E-state index in [0.29, 0.717) is 25.8 Å². The van der Waals surface area contributed by atoms with Crippen molar-refractivity contribution in [1.82, 2.24) is 0 Å². The maximum Gasteiger partial charge on any atom is 1.00 e. The van der Waals surface area contributed by atoms with Crippen LogP contribution in [0.2, 0.25) is 0 Å². The van der Waals surface area contributed by atoms with Gasteiger partial charge in [-0.3, -0.25) is 4.55 Å². The molecule has 2 N–H and O–H groups in total. The largest absolute Gasteiger partial charge is 1.00 e. The topological polar surface area (TPSA) is 110 Å². The number of unbranched alkanes of at least 4 members (excludes halogenated alkanes) is 16. The maximum absolute atomic E-state index is 11.9. The number of aliphatic imine (C=N–C) groups is 1. The van der Waals surface area contributed by atoms with Crippen molar-refractivity contribution in [3.63, 3.8) is 0 Å². The van der Waals surface area contributed by atoms with Gasteiger partial charge in [0.15, 0.2) is 0 Å². The van der Waals surface area contributed by atoms with Gasteiger partial charge in [0, 0.05) is 6.54 Å². The van der Waals surface area contributed by atoms with Crippen LogP contribution < -0.4 is 34.7 Å². The summed E-state index contributed by atoms with van der Waals surface area (Å²) in [6, 6.07) is 0. The van der Waals surface area contributed by atoms with Crippen LogP contribution in [0.25, 0.3) is 0 Å². The van der Waals surface area contributed by atoms with Gasteiger partial charge >= 0.3 is 29.6 Å². The van der Waals surface area contributed by atoms with E-state index in [-0.39, 0.29) is 41.9 Å². The van der Waals surface area contributed by atoms with E-state index >= 15 is 0 Å². The quantitative estimate of drug-likeness (QED) is 0.0566. The van der Waals surface area contributed by atoms with Crippen molar-refractivity contribution in [1.29, 1.82) is 0 Å². The van der Waals surface area contributed by atoms with E-state index in [1.54, 1.807) is 0 Å². The van der Waals surface area contributed by atoms with Gasteiger partial charge in [0.2, 0.25) is 0 Å². The first kappa shape index (κ1) is 38.5. The molecule has 0 aliphatic carbocycles. The summed E-state index contributed by atoms with van der Waals surface area (Å²) in [6.07, 6.45) is 20.7. The summed E-state index contributed by atoms with van der Waals surface area (Å²) in [7, 11) is -4.25. The van der Waals surface area contributed by atoms with Crippen molar-refractivity contribution in [2.24, 2.45) is 4.99 Å². The predicted octanol–water partition coefficient (Wildman–Crippen LogP) is 3.99. The van der Waals surface area contributed by atoms with Gasteiger partial charge in [0.05, 0.1) is 6.10 Å². The summed E-state index contributed by atoms with van der Waals surface area (Å²) >= 11 is 0. The Morgan fingerprint density at radius 1 is 0.694 bits per heavy atom. The van der Waals surface area contributed by atoms with Crippen molar-refractivity contribution >= 4 is 16.0 Å². The van der Waals surface area contributed by atoms with Crippen LogP contribution >= 0.6 is 0 Å². The minimum absolute atomic E-state index is 0. The van der Waals surface area contributed by atoms with Crippen LogP contribution in [0.4, 0.5) is 0 Å². The van der Waals surface area contributed by atoms with Crippen LogP contribution in [0.3, 0.4) is 0 Å². The molecule has 8 heteroatoms. The van der Waals surface area contributed by atoms with Gasteiger partial charge in [0.1, 0.15) is 5.25 Å². The monoisotopic (exact) mass is 541 g/mol. The number of nitrogens with zero attached hydrogens (tertiary/aromatic N) is 1. The zero-order chi connectivity index (χ0) is 26.2.